The fourth-order valence-corrected chi connectivity index (χ4v) is 3.08. The quantitative estimate of drug-likeness (QED) is 0.565. The van der Waals surface area contributed by atoms with Gasteiger partial charge in [0.1, 0.15) is 12.4 Å². The highest BCUT2D eigenvalue weighted by Gasteiger charge is 2.22. The molecule has 134 valence electrons. The predicted molar refractivity (Wildman–Crippen MR) is 108 cm³/mol. The van der Waals surface area contributed by atoms with Gasteiger partial charge < -0.3 is 0 Å². The highest BCUT2D eigenvalue weighted by Crippen LogP contribution is 2.28. The van der Waals surface area contributed by atoms with Crippen molar-refractivity contribution in [2.24, 2.45) is 0 Å². The zero-order valence-corrected chi connectivity index (χ0v) is 16.0. The lowest BCUT2D eigenvalue weighted by molar-refractivity contribution is -0.420. The summed E-state index contributed by atoms with van der Waals surface area (Å²) in [7, 11) is 0. The van der Waals surface area contributed by atoms with Crippen LogP contribution in [-0.4, -0.2) is 27.6 Å². The largest absolute Gasteiger partial charge is 0.269 e. The maximum atomic E-state index is 4.97. The van der Waals surface area contributed by atoms with Crippen LogP contribution in [0.1, 0.15) is 50.6 Å². The third kappa shape index (κ3) is 3.57. The lowest BCUT2D eigenvalue weighted by atomic mass is 9.98. The van der Waals surface area contributed by atoms with Crippen molar-refractivity contribution in [1.29, 1.82) is 0 Å². The van der Waals surface area contributed by atoms with Gasteiger partial charge in [-0.25, -0.2) is 0 Å². The minimum absolute atomic E-state index is 0.951. The summed E-state index contributed by atoms with van der Waals surface area (Å²) < 4.78 is 3.79. The number of aromatic nitrogens is 1. The van der Waals surface area contributed by atoms with Gasteiger partial charge in [-0.15, -0.1) is 5.56 Å². The Morgan fingerprint density at radius 3 is 1.65 bits per heavy atom. The van der Waals surface area contributed by atoms with E-state index in [1.54, 1.807) is 0 Å². The second-order valence-corrected chi connectivity index (χ2v) is 6.59. The Morgan fingerprint density at radius 1 is 0.808 bits per heavy atom. The third-order valence-corrected chi connectivity index (χ3v) is 4.83. The summed E-state index contributed by atoms with van der Waals surface area (Å²) in [6, 6.07) is 6.39. The number of rotatable bonds is 5. The fraction of sp³-hybridized carbons (Fsp3) is 0.261. The second kappa shape index (κ2) is 7.61. The fourth-order valence-electron chi connectivity index (χ4n) is 3.08. The average Bonchev–Trinajstić information content (AvgIpc) is 2.68. The number of aryl methyl sites for hydroxylation is 1. The Kier molecular flexibility index (Phi) is 5.27. The van der Waals surface area contributed by atoms with Gasteiger partial charge in [0.05, 0.1) is 24.8 Å². The van der Waals surface area contributed by atoms with E-state index in [2.05, 4.69) is 70.6 Å². The molecule has 3 nitrogen and oxygen atoms in total. The SMILES string of the molecule is C=[N+]1C=CC(CC)=C[C-]1c1cc(CC)cc([C-]2C=C(CC)C=C[N+]2=C)n1. The molecule has 0 saturated heterocycles. The Labute approximate surface area is 157 Å². The van der Waals surface area contributed by atoms with Gasteiger partial charge in [0.15, 0.2) is 12.1 Å². The minimum atomic E-state index is 0.951. The normalized spacial score (nSPS) is 16.9. The van der Waals surface area contributed by atoms with E-state index >= 15 is 0 Å². The van der Waals surface area contributed by atoms with Crippen molar-refractivity contribution in [2.45, 2.75) is 40.0 Å². The van der Waals surface area contributed by atoms with Gasteiger partial charge in [-0.05, 0) is 6.42 Å². The van der Waals surface area contributed by atoms with Crippen LogP contribution in [0.3, 0.4) is 0 Å². The number of hydrogen-bond acceptors (Lipinski definition) is 1. The van der Waals surface area contributed by atoms with E-state index in [-0.39, 0.29) is 0 Å². The first-order chi connectivity index (χ1) is 12.5. The van der Waals surface area contributed by atoms with Crippen LogP contribution in [0.4, 0.5) is 0 Å². The molecule has 0 N–H and O–H groups in total. The first kappa shape index (κ1) is 18.0. The summed E-state index contributed by atoms with van der Waals surface area (Å²) in [5.74, 6) is 0. The topological polar surface area (TPSA) is 18.9 Å². The van der Waals surface area contributed by atoms with Crippen LogP contribution in [0.2, 0.25) is 0 Å². The van der Waals surface area contributed by atoms with Crippen molar-refractivity contribution in [2.75, 3.05) is 0 Å². The zero-order chi connectivity index (χ0) is 18.7. The van der Waals surface area contributed by atoms with E-state index in [4.69, 9.17) is 4.98 Å². The first-order valence-corrected chi connectivity index (χ1v) is 9.28. The van der Waals surface area contributed by atoms with Crippen molar-refractivity contribution in [3.05, 3.63) is 89.0 Å². The average molecular weight is 345 g/mol. The summed E-state index contributed by atoms with van der Waals surface area (Å²) >= 11 is 0. The van der Waals surface area contributed by atoms with Crippen molar-refractivity contribution >= 4 is 13.4 Å². The van der Waals surface area contributed by atoms with E-state index in [9.17, 15) is 0 Å². The Bertz CT molecular complexity index is 786. The van der Waals surface area contributed by atoms with Gasteiger partial charge in [-0.1, -0.05) is 81.2 Å². The van der Waals surface area contributed by atoms with Crippen LogP contribution in [-0.2, 0) is 6.42 Å². The van der Waals surface area contributed by atoms with Gasteiger partial charge in [0, 0.05) is 0 Å². The van der Waals surface area contributed by atoms with Gasteiger partial charge in [0.25, 0.3) is 0 Å². The monoisotopic (exact) mass is 345 g/mol. The minimum Gasteiger partial charge on any atom is -0.269 e. The van der Waals surface area contributed by atoms with Crippen molar-refractivity contribution in [3.63, 3.8) is 0 Å². The van der Waals surface area contributed by atoms with Crippen LogP contribution in [0, 0.1) is 12.1 Å². The molecule has 1 aromatic rings. The maximum Gasteiger partial charge on any atom is 0.158 e. The van der Waals surface area contributed by atoms with Gasteiger partial charge in [0.2, 0.25) is 0 Å². The highest BCUT2D eigenvalue weighted by atomic mass is 15.0. The molecule has 0 amide bonds. The lowest BCUT2D eigenvalue weighted by Gasteiger charge is -2.23. The summed E-state index contributed by atoms with van der Waals surface area (Å²) in [4.78, 5) is 4.97. The van der Waals surface area contributed by atoms with Crippen molar-refractivity contribution in [3.8, 4) is 0 Å². The number of hydrogen-bond donors (Lipinski definition) is 0. The summed E-state index contributed by atoms with van der Waals surface area (Å²) in [5, 5.41) is 0. The lowest BCUT2D eigenvalue weighted by Crippen LogP contribution is -2.20. The molecule has 0 aliphatic carbocycles. The molecule has 2 aliphatic heterocycles. The summed E-state index contributed by atoms with van der Waals surface area (Å²) in [5.41, 5.74) is 5.72. The maximum absolute atomic E-state index is 4.97. The molecule has 0 atom stereocenters. The number of nitrogens with zero attached hydrogens (tertiary/aromatic N) is 3. The molecule has 1 aromatic heterocycles. The number of allylic oxidation sites excluding steroid dienone is 4. The van der Waals surface area contributed by atoms with Crippen LogP contribution < -0.4 is 0 Å². The third-order valence-electron chi connectivity index (χ3n) is 4.83. The molecule has 3 heterocycles. The molecule has 0 spiro atoms. The molecule has 0 aromatic carbocycles. The molecular formula is C23H27N3. The summed E-state index contributed by atoms with van der Waals surface area (Å²) in [6.07, 6.45) is 15.5. The molecule has 0 bridgehead atoms. The highest BCUT2D eigenvalue weighted by molar-refractivity contribution is 5.44. The van der Waals surface area contributed by atoms with E-state index in [1.807, 2.05) is 21.6 Å². The van der Waals surface area contributed by atoms with Gasteiger partial charge >= 0.3 is 0 Å². The second-order valence-electron chi connectivity index (χ2n) is 6.59. The molecule has 2 aliphatic rings. The Hall–Kier alpha value is -2.81. The molecule has 0 unspecified atom stereocenters. The van der Waals surface area contributed by atoms with Gasteiger partial charge in [-0.3, -0.25) is 14.1 Å². The molecule has 0 saturated carbocycles. The first-order valence-electron chi connectivity index (χ1n) is 9.28. The molecule has 0 fully saturated rings. The Balaban J connectivity index is 2.05. The molecule has 3 rings (SSSR count). The molecule has 26 heavy (non-hydrogen) atoms. The molecule has 3 heteroatoms. The van der Waals surface area contributed by atoms with E-state index in [1.165, 1.54) is 16.7 Å². The van der Waals surface area contributed by atoms with Crippen LogP contribution >= 0.6 is 0 Å². The van der Waals surface area contributed by atoms with Crippen LogP contribution in [0.25, 0.3) is 0 Å². The summed E-state index contributed by atoms with van der Waals surface area (Å²) in [6.45, 7) is 14.8. The van der Waals surface area contributed by atoms with Crippen molar-refractivity contribution in [1.82, 2.24) is 4.98 Å². The van der Waals surface area contributed by atoms with E-state index < -0.39 is 0 Å². The van der Waals surface area contributed by atoms with Gasteiger partial charge in [-0.2, -0.15) is 0 Å². The standard InChI is InChI=1S/C23H27N3/c1-6-17-9-11-25(4)22(15-17)20-13-19(8-3)14-21(24-20)23-16-18(7-2)10-12-26(23)5/h9-16H,4-8H2,1-3H3. The predicted octanol–water partition coefficient (Wildman–Crippen LogP) is 4.56. The smallest absolute Gasteiger partial charge is 0.158 e. The zero-order valence-electron chi connectivity index (χ0n) is 16.0. The van der Waals surface area contributed by atoms with E-state index in [0.29, 0.717) is 0 Å². The van der Waals surface area contributed by atoms with E-state index in [0.717, 1.165) is 42.7 Å². The molecule has 0 radical (unpaired) electrons. The number of pyridine rings is 1. The van der Waals surface area contributed by atoms with Crippen molar-refractivity contribution < 1.29 is 9.15 Å². The van der Waals surface area contributed by atoms with Crippen LogP contribution in [0.15, 0.2) is 60.0 Å². The van der Waals surface area contributed by atoms with Crippen LogP contribution in [0.5, 0.6) is 0 Å². The molecular weight excluding hydrogens is 318 g/mol. The Morgan fingerprint density at radius 2 is 1.27 bits per heavy atom.